The number of carbonyl (C=O) groups is 1. The number of halogens is 1. The van der Waals surface area contributed by atoms with Crippen molar-refractivity contribution in [3.8, 4) is 0 Å². The third-order valence-corrected chi connectivity index (χ3v) is 4.48. The highest BCUT2D eigenvalue weighted by Crippen LogP contribution is 2.20. The second kappa shape index (κ2) is 8.12. The number of aromatic nitrogens is 2. The molecule has 1 saturated heterocycles. The van der Waals surface area contributed by atoms with Crippen LogP contribution >= 0.6 is 0 Å². The molecule has 0 unspecified atom stereocenters. The van der Waals surface area contributed by atoms with Crippen LogP contribution in [0.2, 0.25) is 0 Å². The minimum absolute atomic E-state index is 0.0415. The van der Waals surface area contributed by atoms with Gasteiger partial charge in [0.15, 0.2) is 0 Å². The zero-order valence-corrected chi connectivity index (χ0v) is 15.2. The van der Waals surface area contributed by atoms with Crippen molar-refractivity contribution in [2.24, 2.45) is 0 Å². The van der Waals surface area contributed by atoms with E-state index in [2.05, 4.69) is 20.2 Å². The molecular weight excluding hydrogens is 333 g/mol. The molecule has 1 amide bonds. The van der Waals surface area contributed by atoms with Crippen LogP contribution in [0.5, 0.6) is 0 Å². The maximum atomic E-state index is 13.0. The fourth-order valence-corrected chi connectivity index (χ4v) is 3.12. The molecular formula is C19H24FN5O. The number of rotatable bonds is 5. The first-order valence-corrected chi connectivity index (χ1v) is 8.79. The maximum Gasteiger partial charge on any atom is 0.224 e. The van der Waals surface area contributed by atoms with Crippen molar-refractivity contribution in [3.05, 3.63) is 48.0 Å². The van der Waals surface area contributed by atoms with Crippen molar-refractivity contribution in [2.45, 2.75) is 25.3 Å². The van der Waals surface area contributed by atoms with E-state index in [4.69, 9.17) is 0 Å². The van der Waals surface area contributed by atoms with Gasteiger partial charge in [0.05, 0.1) is 6.42 Å². The molecule has 1 aliphatic heterocycles. The fourth-order valence-electron chi connectivity index (χ4n) is 3.12. The lowest BCUT2D eigenvalue weighted by Crippen LogP contribution is -2.48. The van der Waals surface area contributed by atoms with Gasteiger partial charge in [-0.1, -0.05) is 12.1 Å². The Morgan fingerprint density at radius 3 is 2.81 bits per heavy atom. The largest absolute Gasteiger partial charge is 0.363 e. The zero-order valence-electron chi connectivity index (χ0n) is 15.2. The SMILES string of the molecule is CN(C)c1cc(N2CCC[C@@H](NC(=O)Cc3ccc(F)cc3)C2)ncn1. The van der Waals surface area contributed by atoms with Gasteiger partial charge in [0.2, 0.25) is 5.91 Å². The lowest BCUT2D eigenvalue weighted by molar-refractivity contribution is -0.121. The van der Waals surface area contributed by atoms with Gasteiger partial charge in [0.1, 0.15) is 23.8 Å². The molecule has 0 radical (unpaired) electrons. The summed E-state index contributed by atoms with van der Waals surface area (Å²) in [6.45, 7) is 1.63. The van der Waals surface area contributed by atoms with Crippen LogP contribution in [0.4, 0.5) is 16.0 Å². The van der Waals surface area contributed by atoms with Gasteiger partial charge in [-0.15, -0.1) is 0 Å². The molecule has 7 heteroatoms. The molecule has 1 atom stereocenters. The Balaban J connectivity index is 1.58. The molecule has 0 spiro atoms. The Bertz CT molecular complexity index is 750. The number of carbonyl (C=O) groups excluding carboxylic acids is 1. The third-order valence-electron chi connectivity index (χ3n) is 4.48. The first-order valence-electron chi connectivity index (χ1n) is 8.79. The molecule has 26 heavy (non-hydrogen) atoms. The summed E-state index contributed by atoms with van der Waals surface area (Å²) in [6.07, 6.45) is 3.76. The molecule has 0 bridgehead atoms. The molecule has 1 fully saturated rings. The molecule has 0 aliphatic carbocycles. The van der Waals surface area contributed by atoms with Crippen LogP contribution in [0.15, 0.2) is 36.7 Å². The Morgan fingerprint density at radius 1 is 1.31 bits per heavy atom. The molecule has 1 aromatic heterocycles. The van der Waals surface area contributed by atoms with Gasteiger partial charge >= 0.3 is 0 Å². The first-order chi connectivity index (χ1) is 12.5. The van der Waals surface area contributed by atoms with Crippen molar-refractivity contribution >= 4 is 17.5 Å². The van der Waals surface area contributed by atoms with E-state index in [1.807, 2.05) is 25.1 Å². The molecule has 2 aromatic rings. The molecule has 6 nitrogen and oxygen atoms in total. The Morgan fingerprint density at radius 2 is 2.08 bits per heavy atom. The van der Waals surface area contributed by atoms with Gasteiger partial charge in [-0.2, -0.15) is 0 Å². The highest BCUT2D eigenvalue weighted by Gasteiger charge is 2.22. The first kappa shape index (κ1) is 18.1. The molecule has 1 aliphatic rings. The summed E-state index contributed by atoms with van der Waals surface area (Å²) < 4.78 is 13.0. The third kappa shape index (κ3) is 4.68. The van der Waals surface area contributed by atoms with E-state index in [-0.39, 0.29) is 24.2 Å². The second-order valence-electron chi connectivity index (χ2n) is 6.78. The maximum absolute atomic E-state index is 13.0. The standard InChI is InChI=1S/C19H24FN5O/c1-24(2)17-11-18(22-13-21-17)25-9-3-4-16(12-25)23-19(26)10-14-5-7-15(20)8-6-14/h5-8,11,13,16H,3-4,9-10,12H2,1-2H3,(H,23,26)/t16-/m1/s1. The summed E-state index contributed by atoms with van der Waals surface area (Å²) >= 11 is 0. The van der Waals surface area contributed by atoms with Crippen LogP contribution < -0.4 is 15.1 Å². The Labute approximate surface area is 153 Å². The van der Waals surface area contributed by atoms with E-state index < -0.39 is 0 Å². The average molecular weight is 357 g/mol. The van der Waals surface area contributed by atoms with Gasteiger partial charge in [0, 0.05) is 39.3 Å². The predicted octanol–water partition coefficient (Wildman–Crippen LogP) is 2.01. The van der Waals surface area contributed by atoms with E-state index >= 15 is 0 Å². The predicted molar refractivity (Wildman–Crippen MR) is 99.8 cm³/mol. The Kier molecular flexibility index (Phi) is 5.65. The normalized spacial score (nSPS) is 17.0. The highest BCUT2D eigenvalue weighted by molar-refractivity contribution is 5.79. The number of piperidine rings is 1. The molecule has 138 valence electrons. The lowest BCUT2D eigenvalue weighted by Gasteiger charge is -2.34. The van der Waals surface area contributed by atoms with Crippen molar-refractivity contribution in [1.82, 2.24) is 15.3 Å². The van der Waals surface area contributed by atoms with Gasteiger partial charge in [-0.05, 0) is 30.5 Å². The highest BCUT2D eigenvalue weighted by atomic mass is 19.1. The van der Waals surface area contributed by atoms with Crippen LogP contribution in [0.1, 0.15) is 18.4 Å². The van der Waals surface area contributed by atoms with Crippen LogP contribution in [0.25, 0.3) is 0 Å². The molecule has 2 heterocycles. The quantitative estimate of drug-likeness (QED) is 0.887. The van der Waals surface area contributed by atoms with Crippen LogP contribution in [-0.2, 0) is 11.2 Å². The number of anilines is 2. The van der Waals surface area contributed by atoms with Crippen LogP contribution in [0, 0.1) is 5.82 Å². The second-order valence-corrected chi connectivity index (χ2v) is 6.78. The summed E-state index contributed by atoms with van der Waals surface area (Å²) in [5.74, 6) is 1.40. The van der Waals surface area contributed by atoms with E-state index in [0.29, 0.717) is 0 Å². The van der Waals surface area contributed by atoms with Crippen molar-refractivity contribution in [2.75, 3.05) is 37.0 Å². The van der Waals surface area contributed by atoms with Crippen LogP contribution in [-0.4, -0.2) is 49.1 Å². The van der Waals surface area contributed by atoms with Gasteiger partial charge in [0.25, 0.3) is 0 Å². The number of amides is 1. The van der Waals surface area contributed by atoms with E-state index in [1.165, 1.54) is 12.1 Å². The number of hydrogen-bond acceptors (Lipinski definition) is 5. The zero-order chi connectivity index (χ0) is 18.5. The smallest absolute Gasteiger partial charge is 0.224 e. The summed E-state index contributed by atoms with van der Waals surface area (Å²) in [4.78, 5) is 25.0. The van der Waals surface area contributed by atoms with Gasteiger partial charge < -0.3 is 15.1 Å². The van der Waals surface area contributed by atoms with Gasteiger partial charge in [-0.3, -0.25) is 4.79 Å². The minimum Gasteiger partial charge on any atom is -0.363 e. The number of hydrogen-bond donors (Lipinski definition) is 1. The summed E-state index contributed by atoms with van der Waals surface area (Å²) in [5.41, 5.74) is 0.808. The Hall–Kier alpha value is -2.70. The summed E-state index contributed by atoms with van der Waals surface area (Å²) in [5, 5.41) is 3.09. The van der Waals surface area contributed by atoms with E-state index in [1.54, 1.807) is 18.5 Å². The van der Waals surface area contributed by atoms with Crippen molar-refractivity contribution in [3.63, 3.8) is 0 Å². The van der Waals surface area contributed by atoms with E-state index in [9.17, 15) is 9.18 Å². The van der Waals surface area contributed by atoms with E-state index in [0.717, 1.165) is 43.1 Å². The number of nitrogens with one attached hydrogen (secondary N) is 1. The number of nitrogens with zero attached hydrogens (tertiary/aromatic N) is 4. The number of benzene rings is 1. The molecule has 1 aromatic carbocycles. The summed E-state index contributed by atoms with van der Waals surface area (Å²) in [6, 6.07) is 8.08. The fraction of sp³-hybridized carbons (Fsp3) is 0.421. The molecule has 3 rings (SSSR count). The molecule has 1 N–H and O–H groups in total. The van der Waals surface area contributed by atoms with Crippen molar-refractivity contribution < 1.29 is 9.18 Å². The summed E-state index contributed by atoms with van der Waals surface area (Å²) in [7, 11) is 3.89. The van der Waals surface area contributed by atoms with Gasteiger partial charge in [-0.25, -0.2) is 14.4 Å². The minimum atomic E-state index is -0.293. The lowest BCUT2D eigenvalue weighted by atomic mass is 10.0. The molecule has 0 saturated carbocycles. The monoisotopic (exact) mass is 357 g/mol. The topological polar surface area (TPSA) is 61.4 Å². The average Bonchev–Trinajstić information content (AvgIpc) is 2.64. The van der Waals surface area contributed by atoms with Crippen molar-refractivity contribution in [1.29, 1.82) is 0 Å². The van der Waals surface area contributed by atoms with Crippen LogP contribution in [0.3, 0.4) is 0 Å².